The summed E-state index contributed by atoms with van der Waals surface area (Å²) in [5.41, 5.74) is 13.2. The Morgan fingerprint density at radius 3 is 2.71 bits per heavy atom. The van der Waals surface area contributed by atoms with E-state index in [0.29, 0.717) is 17.9 Å². The fraction of sp³-hybridized carbons (Fsp3) is 0.500. The minimum atomic E-state index is -1.09. The number of para-hydroxylation sites is 1. The number of pyridine rings is 1. The number of nitrogens with two attached hydrogens (primary N) is 2. The molecule has 1 aliphatic heterocycles. The van der Waals surface area contributed by atoms with E-state index >= 15 is 0 Å². The average molecular weight is 332 g/mol. The number of aliphatic hydroxyl groups is 2. The summed E-state index contributed by atoms with van der Waals surface area (Å²) in [7, 11) is 0. The number of fused-ring (bicyclic) bond motifs is 1. The molecule has 0 bridgehead atoms. The molecular weight excluding hydrogens is 304 g/mol. The van der Waals surface area contributed by atoms with Crippen LogP contribution in [0.15, 0.2) is 30.3 Å². The minimum Gasteiger partial charge on any atom is -0.396 e. The van der Waals surface area contributed by atoms with Crippen molar-refractivity contribution in [3.8, 4) is 0 Å². The van der Waals surface area contributed by atoms with Crippen LogP contribution in [0.1, 0.15) is 32.1 Å². The Hall–Kier alpha value is -1.73. The molecule has 0 spiro atoms. The first-order valence-corrected chi connectivity index (χ1v) is 8.55. The molecule has 24 heavy (non-hydrogen) atoms. The molecule has 1 fully saturated rings. The molecule has 0 radical (unpaired) electrons. The summed E-state index contributed by atoms with van der Waals surface area (Å²) in [6.45, 7) is 5.40. The van der Waals surface area contributed by atoms with Crippen LogP contribution in [0.25, 0.3) is 10.9 Å². The molecule has 6 heteroatoms. The Bertz CT molecular complexity index is 663. The molecule has 2 aromatic rings. The van der Waals surface area contributed by atoms with E-state index in [0.717, 1.165) is 23.9 Å². The smallest absolute Gasteiger partial charge is 0.136 e. The second-order valence-electron chi connectivity index (χ2n) is 5.88. The number of anilines is 1. The second kappa shape index (κ2) is 8.39. The van der Waals surface area contributed by atoms with Crippen molar-refractivity contribution in [3.63, 3.8) is 0 Å². The zero-order valence-corrected chi connectivity index (χ0v) is 14.4. The zero-order chi connectivity index (χ0) is 17.7. The van der Waals surface area contributed by atoms with Gasteiger partial charge in [-0.05, 0) is 18.6 Å². The van der Waals surface area contributed by atoms with Gasteiger partial charge in [0, 0.05) is 42.6 Å². The van der Waals surface area contributed by atoms with Crippen LogP contribution in [0.2, 0.25) is 0 Å². The standard InChI is InChI=1S/C16H22N4O2.C2H6/c17-13-5-6-20(8-11(13)9-21)16-12(15(18)22)7-10-3-1-2-4-14(10)19-16;1-2/h1-4,7,11,13,15,21-22H,5-6,8-9,17-18H2;1-2H3. The molecule has 6 nitrogen and oxygen atoms in total. The Morgan fingerprint density at radius 2 is 2.04 bits per heavy atom. The number of aromatic nitrogens is 1. The number of piperidine rings is 1. The summed E-state index contributed by atoms with van der Waals surface area (Å²) in [6, 6.07) is 9.61. The van der Waals surface area contributed by atoms with Crippen molar-refractivity contribution in [2.75, 3.05) is 24.6 Å². The molecule has 1 aromatic carbocycles. The van der Waals surface area contributed by atoms with Gasteiger partial charge in [0.25, 0.3) is 0 Å². The first-order chi connectivity index (χ1) is 11.6. The largest absolute Gasteiger partial charge is 0.396 e. The van der Waals surface area contributed by atoms with Crippen LogP contribution < -0.4 is 16.4 Å². The summed E-state index contributed by atoms with van der Waals surface area (Å²) >= 11 is 0. The van der Waals surface area contributed by atoms with Gasteiger partial charge in [0.1, 0.15) is 12.0 Å². The molecular formula is C18H28N4O2. The molecule has 0 aliphatic carbocycles. The fourth-order valence-electron chi connectivity index (χ4n) is 3.03. The first kappa shape index (κ1) is 18.6. The van der Waals surface area contributed by atoms with Gasteiger partial charge in [0.05, 0.1) is 5.52 Å². The summed E-state index contributed by atoms with van der Waals surface area (Å²) in [5, 5.41) is 20.3. The van der Waals surface area contributed by atoms with Crippen molar-refractivity contribution in [2.45, 2.75) is 32.5 Å². The van der Waals surface area contributed by atoms with Crippen molar-refractivity contribution in [1.29, 1.82) is 0 Å². The summed E-state index contributed by atoms with van der Waals surface area (Å²) < 4.78 is 0. The van der Waals surface area contributed by atoms with E-state index in [1.807, 2.05) is 44.2 Å². The minimum absolute atomic E-state index is 0.00443. The number of benzene rings is 1. The number of rotatable bonds is 3. The van der Waals surface area contributed by atoms with Gasteiger partial charge < -0.3 is 26.6 Å². The fourth-order valence-corrected chi connectivity index (χ4v) is 3.03. The van der Waals surface area contributed by atoms with Crippen LogP contribution in [0.5, 0.6) is 0 Å². The molecule has 3 rings (SSSR count). The maximum absolute atomic E-state index is 9.91. The molecule has 0 amide bonds. The third-order valence-corrected chi connectivity index (χ3v) is 4.38. The monoisotopic (exact) mass is 332 g/mol. The molecule has 3 atom stereocenters. The van der Waals surface area contributed by atoms with Crippen LogP contribution in [-0.2, 0) is 0 Å². The molecule has 1 aliphatic rings. The van der Waals surface area contributed by atoms with Crippen molar-refractivity contribution in [3.05, 3.63) is 35.9 Å². The Kier molecular flexibility index (Phi) is 6.51. The lowest BCUT2D eigenvalue weighted by atomic mass is 9.93. The van der Waals surface area contributed by atoms with Crippen molar-refractivity contribution in [1.82, 2.24) is 4.98 Å². The number of hydrogen-bond acceptors (Lipinski definition) is 6. The van der Waals surface area contributed by atoms with Crippen molar-refractivity contribution >= 4 is 16.7 Å². The lowest BCUT2D eigenvalue weighted by molar-refractivity contribution is 0.182. The van der Waals surface area contributed by atoms with E-state index in [4.69, 9.17) is 11.5 Å². The predicted molar refractivity (Wildman–Crippen MR) is 97.6 cm³/mol. The van der Waals surface area contributed by atoms with Crippen LogP contribution in [0.3, 0.4) is 0 Å². The van der Waals surface area contributed by atoms with Gasteiger partial charge in [-0.1, -0.05) is 32.0 Å². The summed E-state index contributed by atoms with van der Waals surface area (Å²) in [6.07, 6.45) is -0.310. The lowest BCUT2D eigenvalue weighted by Crippen LogP contribution is -2.49. The zero-order valence-electron chi connectivity index (χ0n) is 14.4. The lowest BCUT2D eigenvalue weighted by Gasteiger charge is -2.37. The maximum atomic E-state index is 9.91. The highest BCUT2D eigenvalue weighted by molar-refractivity contribution is 5.82. The third-order valence-electron chi connectivity index (χ3n) is 4.38. The van der Waals surface area contributed by atoms with Crippen LogP contribution >= 0.6 is 0 Å². The van der Waals surface area contributed by atoms with E-state index in [2.05, 4.69) is 9.88 Å². The molecule has 1 saturated heterocycles. The van der Waals surface area contributed by atoms with Crippen LogP contribution in [0, 0.1) is 5.92 Å². The quantitative estimate of drug-likeness (QED) is 0.632. The highest BCUT2D eigenvalue weighted by Crippen LogP contribution is 2.29. The highest BCUT2D eigenvalue weighted by Gasteiger charge is 2.28. The van der Waals surface area contributed by atoms with Crippen LogP contribution in [-0.4, -0.2) is 40.9 Å². The SMILES string of the molecule is CC.NC(O)c1cc2ccccc2nc1N1CCC(N)C(CO)C1. The normalized spacial score (nSPS) is 22.0. The maximum Gasteiger partial charge on any atom is 0.136 e. The van der Waals surface area contributed by atoms with Gasteiger partial charge in [0.2, 0.25) is 0 Å². The predicted octanol–water partition coefficient (Wildman–Crippen LogP) is 1.36. The molecule has 3 unspecified atom stereocenters. The van der Waals surface area contributed by atoms with Crippen molar-refractivity contribution in [2.24, 2.45) is 17.4 Å². The van der Waals surface area contributed by atoms with E-state index in [9.17, 15) is 10.2 Å². The van der Waals surface area contributed by atoms with E-state index in [1.54, 1.807) is 0 Å². The molecule has 0 saturated carbocycles. The molecule has 1 aromatic heterocycles. The van der Waals surface area contributed by atoms with Gasteiger partial charge in [-0.25, -0.2) is 4.98 Å². The van der Waals surface area contributed by atoms with Gasteiger partial charge >= 0.3 is 0 Å². The Labute approximate surface area is 143 Å². The molecule has 6 N–H and O–H groups in total. The van der Waals surface area contributed by atoms with Gasteiger partial charge in [-0.2, -0.15) is 0 Å². The third kappa shape index (κ3) is 3.84. The Balaban J connectivity index is 0.00000100. The molecule has 2 heterocycles. The van der Waals surface area contributed by atoms with E-state index in [-0.39, 0.29) is 18.6 Å². The van der Waals surface area contributed by atoms with E-state index < -0.39 is 6.23 Å². The number of hydrogen-bond donors (Lipinski definition) is 4. The first-order valence-electron chi connectivity index (χ1n) is 8.55. The number of nitrogens with zero attached hydrogens (tertiary/aromatic N) is 2. The van der Waals surface area contributed by atoms with Crippen LogP contribution in [0.4, 0.5) is 5.82 Å². The second-order valence-corrected chi connectivity index (χ2v) is 5.88. The number of aliphatic hydroxyl groups excluding tert-OH is 2. The Morgan fingerprint density at radius 1 is 1.33 bits per heavy atom. The summed E-state index contributed by atoms with van der Waals surface area (Å²) in [4.78, 5) is 6.73. The van der Waals surface area contributed by atoms with Crippen molar-refractivity contribution < 1.29 is 10.2 Å². The van der Waals surface area contributed by atoms with Gasteiger partial charge in [-0.3, -0.25) is 0 Å². The topological polar surface area (TPSA) is 109 Å². The van der Waals surface area contributed by atoms with Gasteiger partial charge in [0.15, 0.2) is 0 Å². The highest BCUT2D eigenvalue weighted by atomic mass is 16.3. The summed E-state index contributed by atoms with van der Waals surface area (Å²) in [5.74, 6) is 0.684. The average Bonchev–Trinajstić information content (AvgIpc) is 2.62. The molecule has 132 valence electrons. The van der Waals surface area contributed by atoms with E-state index in [1.165, 1.54) is 0 Å². The van der Waals surface area contributed by atoms with Gasteiger partial charge in [-0.15, -0.1) is 0 Å².